The third kappa shape index (κ3) is 2.41. The molecule has 0 radical (unpaired) electrons. The zero-order chi connectivity index (χ0) is 14.2. The third-order valence-corrected chi connectivity index (χ3v) is 4.69. The van der Waals surface area contributed by atoms with Crippen molar-refractivity contribution in [3.8, 4) is 0 Å². The van der Waals surface area contributed by atoms with Crippen LogP contribution < -0.4 is 0 Å². The van der Waals surface area contributed by atoms with Crippen LogP contribution in [0.4, 0.5) is 0 Å². The van der Waals surface area contributed by atoms with Crippen LogP contribution in [0.1, 0.15) is 60.3 Å². The van der Waals surface area contributed by atoms with Crippen molar-refractivity contribution in [2.75, 3.05) is 0 Å². The Hall–Kier alpha value is -0.610. The lowest BCUT2D eigenvalue weighted by molar-refractivity contribution is -0.265. The molecular weight excluding hydrogens is 232 g/mol. The molecule has 1 fully saturated rings. The van der Waals surface area contributed by atoms with Gasteiger partial charge in [0.25, 0.3) is 0 Å². The molecule has 0 spiro atoms. The second-order valence-electron chi connectivity index (χ2n) is 6.10. The van der Waals surface area contributed by atoms with Crippen molar-refractivity contribution in [1.82, 2.24) is 0 Å². The number of ether oxygens (including phenoxy) is 1. The molecule has 0 unspecified atom stereocenters. The lowest BCUT2D eigenvalue weighted by atomic mass is 9.70. The lowest BCUT2D eigenvalue weighted by Gasteiger charge is -2.53. The highest BCUT2D eigenvalue weighted by atomic mass is 16.5. The summed E-state index contributed by atoms with van der Waals surface area (Å²) in [6.45, 7) is 9.38. The molecule has 2 atom stereocenters. The molecule has 1 heterocycles. The molecule has 0 bridgehead atoms. The quantitative estimate of drug-likeness (QED) is 0.813. The monoisotopic (exact) mass is 258 g/mol. The third-order valence-electron chi connectivity index (χ3n) is 4.69. The molecular formula is C14H26O4. The van der Waals surface area contributed by atoms with Crippen molar-refractivity contribution >= 4 is 5.97 Å². The molecule has 1 rings (SSSR count). The Morgan fingerprint density at radius 3 is 2.17 bits per heavy atom. The summed E-state index contributed by atoms with van der Waals surface area (Å²) in [6.07, 6.45) is 2.33. The van der Waals surface area contributed by atoms with Gasteiger partial charge in [0.1, 0.15) is 0 Å². The molecule has 0 amide bonds. The predicted molar refractivity (Wildman–Crippen MR) is 69.5 cm³/mol. The van der Waals surface area contributed by atoms with Crippen molar-refractivity contribution in [3.63, 3.8) is 0 Å². The molecule has 106 valence electrons. The number of aliphatic carboxylic acids is 1. The Morgan fingerprint density at radius 2 is 1.83 bits per heavy atom. The van der Waals surface area contributed by atoms with Gasteiger partial charge in [-0.25, -0.2) is 0 Å². The van der Waals surface area contributed by atoms with Gasteiger partial charge >= 0.3 is 5.97 Å². The predicted octanol–water partition coefficient (Wildman–Crippen LogP) is 2.59. The lowest BCUT2D eigenvalue weighted by Crippen LogP contribution is -2.61. The van der Waals surface area contributed by atoms with Crippen molar-refractivity contribution in [2.45, 2.75) is 77.1 Å². The van der Waals surface area contributed by atoms with Crippen molar-refractivity contribution in [3.05, 3.63) is 0 Å². The van der Waals surface area contributed by atoms with E-state index in [4.69, 9.17) is 4.74 Å². The number of hydrogen-bond donors (Lipinski definition) is 2. The van der Waals surface area contributed by atoms with Gasteiger partial charge in [-0.15, -0.1) is 0 Å². The van der Waals surface area contributed by atoms with E-state index in [1.807, 2.05) is 20.8 Å². The van der Waals surface area contributed by atoms with Crippen LogP contribution in [-0.4, -0.2) is 33.0 Å². The van der Waals surface area contributed by atoms with Crippen molar-refractivity contribution < 1.29 is 19.7 Å². The SMILES string of the molecule is CCC(O)(CC)[C@@]1(C)CC[C@H](C(=O)O)C(C)(C)O1. The average molecular weight is 258 g/mol. The maximum atomic E-state index is 11.2. The van der Waals surface area contributed by atoms with Crippen LogP contribution in [-0.2, 0) is 9.53 Å². The summed E-state index contributed by atoms with van der Waals surface area (Å²) in [5, 5.41) is 19.9. The number of rotatable bonds is 4. The number of carbonyl (C=O) groups is 1. The molecule has 0 saturated carbocycles. The number of aliphatic hydroxyl groups is 1. The first kappa shape index (κ1) is 15.4. The van der Waals surface area contributed by atoms with E-state index in [-0.39, 0.29) is 0 Å². The summed E-state index contributed by atoms with van der Waals surface area (Å²) >= 11 is 0. The minimum Gasteiger partial charge on any atom is -0.481 e. The Balaban J connectivity index is 3.01. The number of hydrogen-bond acceptors (Lipinski definition) is 3. The minimum atomic E-state index is -0.895. The van der Waals surface area contributed by atoms with Crippen LogP contribution in [0.15, 0.2) is 0 Å². The highest BCUT2D eigenvalue weighted by Crippen LogP contribution is 2.46. The maximum Gasteiger partial charge on any atom is 0.309 e. The van der Waals surface area contributed by atoms with E-state index in [9.17, 15) is 15.0 Å². The Bertz CT molecular complexity index is 320. The first-order valence-electron chi connectivity index (χ1n) is 6.77. The van der Waals surface area contributed by atoms with Gasteiger partial charge in [-0.05, 0) is 46.5 Å². The molecule has 18 heavy (non-hydrogen) atoms. The topological polar surface area (TPSA) is 66.8 Å². The van der Waals surface area contributed by atoms with E-state index < -0.39 is 28.7 Å². The highest BCUT2D eigenvalue weighted by molar-refractivity contribution is 5.71. The zero-order valence-electron chi connectivity index (χ0n) is 12.1. The van der Waals surface area contributed by atoms with E-state index in [0.29, 0.717) is 25.7 Å². The van der Waals surface area contributed by atoms with E-state index in [0.717, 1.165) is 0 Å². The number of carboxylic acid groups (broad SMARTS) is 1. The fraction of sp³-hybridized carbons (Fsp3) is 0.929. The summed E-state index contributed by atoms with van der Waals surface area (Å²) in [6, 6.07) is 0. The van der Waals surface area contributed by atoms with Gasteiger partial charge in [0.2, 0.25) is 0 Å². The van der Waals surface area contributed by atoms with E-state index >= 15 is 0 Å². The van der Waals surface area contributed by atoms with Crippen molar-refractivity contribution in [2.24, 2.45) is 5.92 Å². The molecule has 1 aliphatic heterocycles. The van der Waals surface area contributed by atoms with Crippen LogP contribution >= 0.6 is 0 Å². The van der Waals surface area contributed by atoms with Crippen LogP contribution in [0, 0.1) is 5.92 Å². The van der Waals surface area contributed by atoms with Gasteiger partial charge in [-0.2, -0.15) is 0 Å². The summed E-state index contributed by atoms with van der Waals surface area (Å²) in [4.78, 5) is 11.2. The summed E-state index contributed by atoms with van der Waals surface area (Å²) in [5.41, 5.74) is -2.32. The fourth-order valence-corrected chi connectivity index (χ4v) is 3.22. The smallest absolute Gasteiger partial charge is 0.309 e. The van der Waals surface area contributed by atoms with E-state index in [1.165, 1.54) is 0 Å². The van der Waals surface area contributed by atoms with Crippen LogP contribution in [0.5, 0.6) is 0 Å². The molecule has 0 aromatic heterocycles. The second kappa shape index (κ2) is 4.82. The Kier molecular flexibility index (Phi) is 4.13. The molecule has 1 saturated heterocycles. The van der Waals surface area contributed by atoms with Gasteiger partial charge in [0.15, 0.2) is 0 Å². The van der Waals surface area contributed by atoms with Crippen LogP contribution in [0.2, 0.25) is 0 Å². The first-order valence-corrected chi connectivity index (χ1v) is 6.77. The molecule has 1 aliphatic rings. The second-order valence-corrected chi connectivity index (χ2v) is 6.10. The standard InChI is InChI=1S/C14H26O4/c1-6-14(17,7-2)13(5)9-8-10(11(15)16)12(3,4)18-13/h10,17H,6-9H2,1-5H3,(H,15,16)/t10-,13-/m1/s1. The fourth-order valence-electron chi connectivity index (χ4n) is 3.22. The molecule has 0 aliphatic carbocycles. The van der Waals surface area contributed by atoms with Gasteiger partial charge < -0.3 is 14.9 Å². The summed E-state index contributed by atoms with van der Waals surface area (Å²) in [5.74, 6) is -1.33. The van der Waals surface area contributed by atoms with Gasteiger partial charge in [0.05, 0.1) is 22.7 Å². The summed E-state index contributed by atoms with van der Waals surface area (Å²) in [7, 11) is 0. The molecule has 4 nitrogen and oxygen atoms in total. The normalized spacial score (nSPS) is 32.2. The van der Waals surface area contributed by atoms with Crippen LogP contribution in [0.25, 0.3) is 0 Å². The number of carboxylic acids is 1. The molecule has 2 N–H and O–H groups in total. The zero-order valence-corrected chi connectivity index (χ0v) is 12.1. The van der Waals surface area contributed by atoms with Gasteiger partial charge in [0, 0.05) is 0 Å². The van der Waals surface area contributed by atoms with Crippen LogP contribution in [0.3, 0.4) is 0 Å². The highest BCUT2D eigenvalue weighted by Gasteiger charge is 2.54. The molecule has 0 aromatic rings. The molecule has 4 heteroatoms. The largest absolute Gasteiger partial charge is 0.481 e. The summed E-state index contributed by atoms with van der Waals surface area (Å²) < 4.78 is 6.05. The van der Waals surface area contributed by atoms with Gasteiger partial charge in [-0.3, -0.25) is 4.79 Å². The molecule has 0 aromatic carbocycles. The van der Waals surface area contributed by atoms with E-state index in [2.05, 4.69) is 0 Å². The van der Waals surface area contributed by atoms with E-state index in [1.54, 1.807) is 13.8 Å². The Morgan fingerprint density at radius 1 is 1.33 bits per heavy atom. The minimum absolute atomic E-state index is 0.511. The first-order chi connectivity index (χ1) is 8.12. The maximum absolute atomic E-state index is 11.2. The average Bonchev–Trinajstić information content (AvgIpc) is 2.25. The van der Waals surface area contributed by atoms with Gasteiger partial charge in [-0.1, -0.05) is 13.8 Å². The Labute approximate surface area is 109 Å². The van der Waals surface area contributed by atoms with Crippen molar-refractivity contribution in [1.29, 1.82) is 0 Å².